The average molecular weight is 746 g/mol. The number of piperidine rings is 2. The number of benzene rings is 2. The lowest BCUT2D eigenvalue weighted by Crippen LogP contribution is -2.54. The Hall–Kier alpha value is -5.26. The van der Waals surface area contributed by atoms with Gasteiger partial charge < -0.3 is 30.2 Å². The number of amides is 4. The van der Waals surface area contributed by atoms with Crippen molar-refractivity contribution < 1.29 is 23.9 Å². The summed E-state index contributed by atoms with van der Waals surface area (Å²) in [6.07, 6.45) is 7.68. The van der Waals surface area contributed by atoms with Gasteiger partial charge in [-0.2, -0.15) is 0 Å². The molecule has 12 nitrogen and oxygen atoms in total. The van der Waals surface area contributed by atoms with Crippen LogP contribution in [-0.4, -0.2) is 86.6 Å². The highest BCUT2D eigenvalue weighted by atomic mass is 16.5. The summed E-state index contributed by atoms with van der Waals surface area (Å²) in [5, 5.41) is 5.63. The molecule has 8 rings (SSSR count). The summed E-state index contributed by atoms with van der Waals surface area (Å²) < 4.78 is 4.79. The predicted octanol–water partition coefficient (Wildman–Crippen LogP) is 6.12. The maximum absolute atomic E-state index is 13.8. The number of nitrogens with zero attached hydrogens (tertiary/aromatic N) is 4. The van der Waals surface area contributed by atoms with E-state index < -0.39 is 18.2 Å². The molecule has 2 aliphatic carbocycles. The summed E-state index contributed by atoms with van der Waals surface area (Å²) in [4.78, 5) is 68.5. The number of fused-ring (bicyclic) bond motifs is 2. The molecule has 2 saturated carbocycles. The molecule has 3 aliphatic heterocycles. The number of carbonyl (C=O) groups excluding carboxylic acids is 4. The van der Waals surface area contributed by atoms with Crippen LogP contribution < -0.4 is 10.6 Å². The van der Waals surface area contributed by atoms with Gasteiger partial charge in [0, 0.05) is 37.3 Å². The lowest BCUT2D eigenvalue weighted by molar-refractivity contribution is -0.138. The van der Waals surface area contributed by atoms with Crippen LogP contribution >= 0.6 is 0 Å². The first-order valence-electron chi connectivity index (χ1n) is 19.7. The van der Waals surface area contributed by atoms with Crippen molar-refractivity contribution in [3.8, 4) is 22.4 Å². The number of alkyl carbamates (subject to hydrolysis) is 1. The second-order valence-electron chi connectivity index (χ2n) is 16.7. The van der Waals surface area contributed by atoms with Crippen LogP contribution in [0.3, 0.4) is 0 Å². The highest BCUT2D eigenvalue weighted by molar-refractivity contribution is 6.04. The number of aromatic amines is 1. The van der Waals surface area contributed by atoms with Crippen LogP contribution in [0.5, 0.6) is 0 Å². The van der Waals surface area contributed by atoms with Gasteiger partial charge >= 0.3 is 6.09 Å². The Morgan fingerprint density at radius 1 is 0.745 bits per heavy atom. The van der Waals surface area contributed by atoms with Crippen molar-refractivity contribution in [1.29, 1.82) is 0 Å². The molecule has 3 N–H and O–H groups in total. The molecule has 4 fully saturated rings. The lowest BCUT2D eigenvalue weighted by atomic mass is 9.95. The molecule has 55 heavy (non-hydrogen) atoms. The second kappa shape index (κ2) is 14.4. The van der Waals surface area contributed by atoms with Crippen molar-refractivity contribution in [2.45, 2.75) is 103 Å². The van der Waals surface area contributed by atoms with Crippen molar-refractivity contribution in [3.63, 3.8) is 0 Å². The molecule has 2 saturated heterocycles. The van der Waals surface area contributed by atoms with E-state index in [1.165, 1.54) is 14.0 Å². The van der Waals surface area contributed by atoms with Crippen molar-refractivity contribution in [3.05, 3.63) is 72.3 Å². The second-order valence-corrected chi connectivity index (χ2v) is 16.7. The SMILES string of the molecule is COC(=O)N[C@H](C(=O)N1[C@@H]2C[C@@H]2C[C@H]1c1ncc(-c2ccc(-c3ccc(C4=CN=C([C@@H]5C[C@H]6C[C@H]6N5C(=O)[C@@H](NC(C)=O)C(C)C)C4)cc3)cc2)[nH]1)C(C)C. The number of H-pyrrole nitrogens is 1. The minimum Gasteiger partial charge on any atom is -0.453 e. The van der Waals surface area contributed by atoms with Crippen molar-refractivity contribution in [1.82, 2.24) is 30.4 Å². The normalized spacial score (nSPS) is 25.9. The number of methoxy groups -OCH3 is 1. The highest BCUT2D eigenvalue weighted by Gasteiger charge is 2.57. The number of hydrogen-bond donors (Lipinski definition) is 3. The molecule has 0 unspecified atom stereocenters. The smallest absolute Gasteiger partial charge is 0.407 e. The lowest BCUT2D eigenvalue weighted by Gasteiger charge is -2.33. The van der Waals surface area contributed by atoms with E-state index in [1.54, 1.807) is 0 Å². The van der Waals surface area contributed by atoms with E-state index in [9.17, 15) is 19.2 Å². The minimum absolute atomic E-state index is 0.00184. The molecule has 4 heterocycles. The fourth-order valence-corrected chi connectivity index (χ4v) is 9.04. The first kappa shape index (κ1) is 36.7. The van der Waals surface area contributed by atoms with Crippen molar-refractivity contribution in [2.75, 3.05) is 7.11 Å². The maximum atomic E-state index is 13.8. The number of carbonyl (C=O) groups is 4. The predicted molar refractivity (Wildman–Crippen MR) is 209 cm³/mol. The zero-order valence-corrected chi connectivity index (χ0v) is 32.4. The van der Waals surface area contributed by atoms with Gasteiger partial charge in [-0.1, -0.05) is 76.2 Å². The Balaban J connectivity index is 0.905. The van der Waals surface area contributed by atoms with Crippen LogP contribution in [0.2, 0.25) is 0 Å². The van der Waals surface area contributed by atoms with Gasteiger partial charge in [0.25, 0.3) is 0 Å². The summed E-state index contributed by atoms with van der Waals surface area (Å²) in [6.45, 7) is 9.27. The zero-order valence-electron chi connectivity index (χ0n) is 32.4. The van der Waals surface area contributed by atoms with E-state index in [1.807, 2.05) is 49.9 Å². The number of imidazole rings is 1. The van der Waals surface area contributed by atoms with Gasteiger partial charge in [-0.05, 0) is 77.2 Å². The van der Waals surface area contributed by atoms with Gasteiger partial charge in [0.2, 0.25) is 17.7 Å². The summed E-state index contributed by atoms with van der Waals surface area (Å²) in [6, 6.07) is 16.0. The van der Waals surface area contributed by atoms with Gasteiger partial charge in [0.1, 0.15) is 17.9 Å². The van der Waals surface area contributed by atoms with Crippen molar-refractivity contribution >= 4 is 35.1 Å². The number of likely N-dealkylation sites (tertiary alicyclic amines) is 2. The molecule has 12 heteroatoms. The van der Waals surface area contributed by atoms with Crippen LogP contribution in [0.1, 0.15) is 84.2 Å². The van der Waals surface area contributed by atoms with Gasteiger partial charge in [0.15, 0.2) is 0 Å². The first-order chi connectivity index (χ1) is 26.4. The Morgan fingerprint density at radius 3 is 1.84 bits per heavy atom. The van der Waals surface area contributed by atoms with Gasteiger partial charge in [-0.3, -0.25) is 19.4 Å². The monoisotopic (exact) mass is 745 g/mol. The Kier molecular flexibility index (Phi) is 9.63. The molecular weight excluding hydrogens is 695 g/mol. The Morgan fingerprint density at radius 2 is 1.27 bits per heavy atom. The summed E-state index contributed by atoms with van der Waals surface area (Å²) in [5.41, 5.74) is 7.37. The topological polar surface area (TPSA) is 149 Å². The van der Waals surface area contributed by atoms with E-state index >= 15 is 0 Å². The summed E-state index contributed by atoms with van der Waals surface area (Å²) in [7, 11) is 1.30. The number of rotatable bonds is 11. The molecule has 2 aromatic carbocycles. The Bertz CT molecular complexity index is 2050. The van der Waals surface area contributed by atoms with E-state index in [-0.39, 0.29) is 53.7 Å². The number of aromatic nitrogens is 2. The van der Waals surface area contributed by atoms with Crippen LogP contribution in [0.4, 0.5) is 4.79 Å². The van der Waals surface area contributed by atoms with Gasteiger partial charge in [-0.25, -0.2) is 9.78 Å². The third kappa shape index (κ3) is 7.07. The van der Waals surface area contributed by atoms with Crippen LogP contribution in [0, 0.1) is 23.7 Å². The third-order valence-corrected chi connectivity index (χ3v) is 12.2. The summed E-state index contributed by atoms with van der Waals surface area (Å²) in [5.74, 6) is 1.38. The highest BCUT2D eigenvalue weighted by Crippen LogP contribution is 2.53. The molecule has 5 aliphatic rings. The fraction of sp³-hybridized carbons (Fsp3) is 0.488. The number of ether oxygens (including phenoxy) is 1. The van der Waals surface area contributed by atoms with Crippen LogP contribution in [0.15, 0.2) is 65.9 Å². The van der Waals surface area contributed by atoms with E-state index in [4.69, 9.17) is 14.7 Å². The number of aliphatic imine (C=N–C) groups is 1. The number of hydrogen-bond acceptors (Lipinski definition) is 7. The molecule has 8 atom stereocenters. The molecule has 1 aromatic heterocycles. The van der Waals surface area contributed by atoms with Crippen molar-refractivity contribution in [2.24, 2.45) is 28.7 Å². The number of allylic oxidation sites excluding steroid dienone is 1. The standard InChI is InChI=1S/C43H51N7O5/c1-22(2)38(46-24(5)51)41(52)49-34-16-29(34)18-36(49)32-15-31(20-44-32)27-9-7-25(8-10-27)26-11-13-28(14-12-26)33-21-45-40(47-33)37-19-30-17-35(30)50(37)42(53)39(23(3)4)48-43(54)55-6/h7-14,20-23,29-30,34-39H,15-19H2,1-6H3,(H,45,47)(H,46,51)(H,48,54)/t29-,30-,34-,35-,36+,37+,38+,39+/m1/s1. The van der Waals surface area contributed by atoms with E-state index in [0.717, 1.165) is 70.7 Å². The average Bonchev–Trinajstić information content (AvgIpc) is 3.76. The Labute approximate surface area is 322 Å². The van der Waals surface area contributed by atoms with Gasteiger partial charge in [-0.15, -0.1) is 0 Å². The fourth-order valence-electron chi connectivity index (χ4n) is 9.04. The number of nitrogens with one attached hydrogen (secondary N) is 3. The van der Waals surface area contributed by atoms with Crippen LogP contribution in [-0.2, 0) is 19.1 Å². The van der Waals surface area contributed by atoms with Crippen LogP contribution in [0.25, 0.3) is 28.0 Å². The molecular formula is C43H51N7O5. The summed E-state index contributed by atoms with van der Waals surface area (Å²) >= 11 is 0. The molecule has 288 valence electrons. The van der Waals surface area contributed by atoms with E-state index in [2.05, 4.69) is 64.1 Å². The molecule has 0 bridgehead atoms. The molecule has 0 radical (unpaired) electrons. The third-order valence-electron chi connectivity index (χ3n) is 12.2. The maximum Gasteiger partial charge on any atom is 0.407 e. The molecule has 4 amide bonds. The van der Waals surface area contributed by atoms with Gasteiger partial charge in [0.05, 0.1) is 31.1 Å². The van der Waals surface area contributed by atoms with E-state index in [0.29, 0.717) is 18.3 Å². The molecule has 0 spiro atoms. The zero-order chi connectivity index (χ0) is 38.7. The largest absolute Gasteiger partial charge is 0.453 e. The quantitative estimate of drug-likeness (QED) is 0.215. The minimum atomic E-state index is -0.669. The molecule has 3 aromatic rings. The first-order valence-corrected chi connectivity index (χ1v) is 19.7.